The van der Waals surface area contributed by atoms with Gasteiger partial charge in [0.15, 0.2) is 0 Å². The van der Waals surface area contributed by atoms with Gasteiger partial charge in [-0.2, -0.15) is 0 Å². The molecule has 2 aromatic carbocycles. The number of aromatic amines is 1. The van der Waals surface area contributed by atoms with Gasteiger partial charge in [0.05, 0.1) is 16.6 Å². The van der Waals surface area contributed by atoms with E-state index in [-0.39, 0.29) is 5.39 Å². The van der Waals surface area contributed by atoms with Crippen molar-refractivity contribution in [2.75, 3.05) is 0 Å². The summed E-state index contributed by atoms with van der Waals surface area (Å²) < 4.78 is 14.2. The van der Waals surface area contributed by atoms with Crippen molar-refractivity contribution in [3.05, 3.63) is 74.1 Å². The van der Waals surface area contributed by atoms with Crippen LogP contribution in [0, 0.1) is 5.82 Å². The van der Waals surface area contributed by atoms with Gasteiger partial charge in [-0.15, -0.1) is 0 Å². The lowest BCUT2D eigenvalue weighted by Crippen LogP contribution is -2.33. The molecule has 1 heterocycles. The van der Waals surface area contributed by atoms with Crippen LogP contribution in [0.25, 0.3) is 16.6 Å². The smallest absolute Gasteiger partial charge is 0.306 e. The van der Waals surface area contributed by atoms with Crippen LogP contribution in [0.1, 0.15) is 0 Å². The molecule has 4 nitrogen and oxygen atoms in total. The molecule has 0 fully saturated rings. The van der Waals surface area contributed by atoms with Gasteiger partial charge < -0.3 is 4.98 Å². The van der Waals surface area contributed by atoms with Gasteiger partial charge in [-0.25, -0.2) is 13.8 Å². The maximum Gasteiger partial charge on any atom is 0.333 e. The Morgan fingerprint density at radius 2 is 1.90 bits per heavy atom. The number of halogens is 2. The number of rotatable bonds is 1. The van der Waals surface area contributed by atoms with E-state index in [4.69, 9.17) is 11.6 Å². The number of fused-ring (bicyclic) bond motifs is 1. The quantitative estimate of drug-likeness (QED) is 0.748. The van der Waals surface area contributed by atoms with Gasteiger partial charge in [0.25, 0.3) is 5.56 Å². The molecule has 0 bridgehead atoms. The van der Waals surface area contributed by atoms with E-state index in [0.717, 1.165) is 10.6 Å². The van der Waals surface area contributed by atoms with Crippen molar-refractivity contribution in [2.24, 2.45) is 0 Å². The summed E-state index contributed by atoms with van der Waals surface area (Å²) in [5, 5.41) is 0.498. The Morgan fingerprint density at radius 3 is 2.65 bits per heavy atom. The molecule has 20 heavy (non-hydrogen) atoms. The van der Waals surface area contributed by atoms with Gasteiger partial charge >= 0.3 is 5.69 Å². The molecule has 0 aliphatic carbocycles. The molecule has 1 aromatic heterocycles. The van der Waals surface area contributed by atoms with E-state index >= 15 is 0 Å². The molecular formula is C14H8ClFN2O2. The SMILES string of the molecule is O=c1[nH]c2ccc(F)cc2c(=O)n1-c1cccc(Cl)c1. The average Bonchev–Trinajstić information content (AvgIpc) is 2.40. The van der Waals surface area contributed by atoms with Gasteiger partial charge in [-0.1, -0.05) is 17.7 Å². The largest absolute Gasteiger partial charge is 0.333 e. The van der Waals surface area contributed by atoms with E-state index in [2.05, 4.69) is 4.98 Å². The fourth-order valence-corrected chi connectivity index (χ4v) is 2.22. The summed E-state index contributed by atoms with van der Waals surface area (Å²) in [6.45, 7) is 0. The van der Waals surface area contributed by atoms with Crippen molar-refractivity contribution < 1.29 is 4.39 Å². The fraction of sp³-hybridized carbons (Fsp3) is 0. The van der Waals surface area contributed by atoms with E-state index in [0.29, 0.717) is 16.2 Å². The highest BCUT2D eigenvalue weighted by Crippen LogP contribution is 2.13. The molecule has 0 spiro atoms. The predicted octanol–water partition coefficient (Wildman–Crippen LogP) is 2.47. The molecule has 0 aliphatic heterocycles. The molecule has 3 aromatic rings. The van der Waals surface area contributed by atoms with Crippen LogP contribution >= 0.6 is 11.6 Å². The zero-order valence-corrected chi connectivity index (χ0v) is 10.8. The van der Waals surface area contributed by atoms with Gasteiger partial charge in [0.2, 0.25) is 0 Å². The lowest BCUT2D eigenvalue weighted by molar-refractivity contribution is 0.629. The fourth-order valence-electron chi connectivity index (χ4n) is 2.04. The average molecular weight is 291 g/mol. The van der Waals surface area contributed by atoms with Crippen LogP contribution in [0.4, 0.5) is 4.39 Å². The number of nitrogens with zero attached hydrogens (tertiary/aromatic N) is 1. The molecule has 0 atom stereocenters. The summed E-state index contributed by atoms with van der Waals surface area (Å²) in [5.74, 6) is -0.542. The van der Waals surface area contributed by atoms with Crippen molar-refractivity contribution in [2.45, 2.75) is 0 Å². The van der Waals surface area contributed by atoms with Crippen LogP contribution in [0.15, 0.2) is 52.1 Å². The maximum atomic E-state index is 13.3. The summed E-state index contributed by atoms with van der Waals surface area (Å²) in [5.41, 5.74) is -0.573. The van der Waals surface area contributed by atoms with Crippen molar-refractivity contribution in [3.63, 3.8) is 0 Å². The minimum Gasteiger partial charge on any atom is -0.306 e. The Balaban J connectivity index is 2.42. The molecule has 0 saturated heterocycles. The first-order valence-electron chi connectivity index (χ1n) is 5.77. The Labute approximate surface area is 117 Å². The second-order valence-corrected chi connectivity index (χ2v) is 4.68. The van der Waals surface area contributed by atoms with Crippen LogP contribution in [0.3, 0.4) is 0 Å². The monoisotopic (exact) mass is 290 g/mol. The third kappa shape index (κ3) is 2.02. The van der Waals surface area contributed by atoms with Crippen molar-refractivity contribution in [3.8, 4) is 5.69 Å². The van der Waals surface area contributed by atoms with E-state index < -0.39 is 17.1 Å². The molecule has 0 saturated carbocycles. The van der Waals surface area contributed by atoms with Crippen LogP contribution < -0.4 is 11.2 Å². The summed E-state index contributed by atoms with van der Waals surface area (Å²) in [6, 6.07) is 9.95. The van der Waals surface area contributed by atoms with Gasteiger partial charge in [-0.3, -0.25) is 4.79 Å². The summed E-state index contributed by atoms with van der Waals surface area (Å²) in [4.78, 5) is 26.9. The van der Waals surface area contributed by atoms with Gasteiger partial charge in [0, 0.05) is 5.02 Å². The van der Waals surface area contributed by atoms with Crippen molar-refractivity contribution in [1.82, 2.24) is 9.55 Å². The molecule has 6 heteroatoms. The molecule has 0 radical (unpaired) electrons. The Bertz CT molecular complexity index is 930. The number of benzene rings is 2. The molecule has 0 aliphatic rings. The van der Waals surface area contributed by atoms with Crippen molar-refractivity contribution in [1.29, 1.82) is 0 Å². The molecule has 0 amide bonds. The first-order chi connectivity index (χ1) is 9.56. The highest BCUT2D eigenvalue weighted by Gasteiger charge is 2.10. The van der Waals surface area contributed by atoms with Crippen molar-refractivity contribution >= 4 is 22.5 Å². The zero-order chi connectivity index (χ0) is 14.3. The lowest BCUT2D eigenvalue weighted by atomic mass is 10.2. The van der Waals surface area contributed by atoms with Crippen LogP contribution in [0.5, 0.6) is 0 Å². The maximum absolute atomic E-state index is 13.3. The normalized spacial score (nSPS) is 10.9. The first kappa shape index (κ1) is 12.6. The second-order valence-electron chi connectivity index (χ2n) is 4.24. The summed E-state index contributed by atoms with van der Waals surface area (Å²) in [7, 11) is 0. The van der Waals surface area contributed by atoms with Gasteiger partial charge in [0.1, 0.15) is 5.82 Å². The Morgan fingerprint density at radius 1 is 1.10 bits per heavy atom. The number of nitrogens with one attached hydrogen (secondary N) is 1. The second kappa shape index (κ2) is 4.61. The van der Waals surface area contributed by atoms with Crippen LogP contribution in [0.2, 0.25) is 5.02 Å². The summed E-state index contributed by atoms with van der Waals surface area (Å²) in [6.07, 6.45) is 0. The Hall–Kier alpha value is -2.40. The third-order valence-corrected chi connectivity index (χ3v) is 3.16. The molecule has 100 valence electrons. The number of H-pyrrole nitrogens is 1. The summed E-state index contributed by atoms with van der Waals surface area (Å²) >= 11 is 5.86. The number of hydrogen-bond acceptors (Lipinski definition) is 2. The van der Waals surface area contributed by atoms with Crippen LogP contribution in [-0.2, 0) is 0 Å². The zero-order valence-electron chi connectivity index (χ0n) is 10.1. The number of hydrogen-bond donors (Lipinski definition) is 1. The highest BCUT2D eigenvalue weighted by molar-refractivity contribution is 6.30. The standard InChI is InChI=1S/C14H8ClFN2O2/c15-8-2-1-3-10(6-8)18-13(19)11-7-9(16)4-5-12(11)17-14(18)20/h1-7H,(H,17,20). The Kier molecular flexibility index (Phi) is 2.91. The van der Waals surface area contributed by atoms with E-state index in [9.17, 15) is 14.0 Å². The van der Waals surface area contributed by atoms with E-state index in [1.165, 1.54) is 18.2 Å². The predicted molar refractivity (Wildman–Crippen MR) is 75.1 cm³/mol. The van der Waals surface area contributed by atoms with Crippen LogP contribution in [-0.4, -0.2) is 9.55 Å². The van der Waals surface area contributed by atoms with Gasteiger partial charge in [-0.05, 0) is 36.4 Å². The van der Waals surface area contributed by atoms with E-state index in [1.807, 2.05) is 0 Å². The molecule has 1 N–H and O–H groups in total. The van der Waals surface area contributed by atoms with E-state index in [1.54, 1.807) is 18.2 Å². The molecule has 3 rings (SSSR count). The topological polar surface area (TPSA) is 54.9 Å². The first-order valence-corrected chi connectivity index (χ1v) is 6.14. The minimum absolute atomic E-state index is 0.101. The third-order valence-electron chi connectivity index (χ3n) is 2.93. The lowest BCUT2D eigenvalue weighted by Gasteiger charge is -2.06. The highest BCUT2D eigenvalue weighted by atomic mass is 35.5. The minimum atomic E-state index is -0.601. The number of aromatic nitrogens is 2. The molecule has 0 unspecified atom stereocenters. The molecular weight excluding hydrogens is 283 g/mol.